The zero-order chi connectivity index (χ0) is 13.9. The van der Waals surface area contributed by atoms with E-state index in [2.05, 4.69) is 0 Å². The molecule has 0 saturated heterocycles. The molecule has 5 nitrogen and oxygen atoms in total. The molecule has 1 heterocycles. The topological polar surface area (TPSA) is 71.0 Å². The molecule has 0 radical (unpaired) electrons. The van der Waals surface area contributed by atoms with Crippen LogP contribution in [0.25, 0.3) is 11.3 Å². The summed E-state index contributed by atoms with van der Waals surface area (Å²) >= 11 is 0. The molecule has 1 aromatic carbocycles. The molecule has 20 heavy (non-hydrogen) atoms. The van der Waals surface area contributed by atoms with Gasteiger partial charge in [-0.3, -0.25) is 4.79 Å². The lowest BCUT2D eigenvalue weighted by atomic mass is 9.99. The van der Waals surface area contributed by atoms with Gasteiger partial charge in [-0.15, -0.1) is 0 Å². The molecule has 0 bridgehead atoms. The van der Waals surface area contributed by atoms with Gasteiger partial charge in [0.2, 0.25) is 0 Å². The molecule has 0 fully saturated rings. The fourth-order valence-electron chi connectivity index (χ4n) is 3.23. The summed E-state index contributed by atoms with van der Waals surface area (Å²) in [7, 11) is 0. The van der Waals surface area contributed by atoms with Crippen molar-refractivity contribution in [2.24, 2.45) is 0 Å². The summed E-state index contributed by atoms with van der Waals surface area (Å²) in [6.45, 7) is 0. The van der Waals surface area contributed by atoms with Gasteiger partial charge in [0.15, 0.2) is 0 Å². The highest BCUT2D eigenvalue weighted by Crippen LogP contribution is 2.33. The van der Waals surface area contributed by atoms with Crippen molar-refractivity contribution in [3.05, 3.63) is 57.3 Å². The Kier molecular flexibility index (Phi) is 2.16. The number of hydrogen-bond donors (Lipinski definition) is 0. The molecule has 5 heteroatoms. The van der Waals surface area contributed by atoms with E-state index in [0.29, 0.717) is 40.1 Å². The number of nitrogens with zero attached hydrogens (tertiary/aromatic N) is 2. The van der Waals surface area contributed by atoms with E-state index in [1.807, 2.05) is 0 Å². The molecule has 2 aliphatic carbocycles. The number of ketones is 1. The zero-order valence-corrected chi connectivity index (χ0v) is 10.8. The molecular formula is C15H12N2O3. The fourth-order valence-corrected chi connectivity index (χ4v) is 3.23. The van der Waals surface area contributed by atoms with Crippen molar-refractivity contribution in [2.45, 2.75) is 25.7 Å². The normalized spacial score (nSPS) is 15.7. The Morgan fingerprint density at radius 3 is 2.05 bits per heavy atom. The van der Waals surface area contributed by atoms with Crippen LogP contribution in [0.3, 0.4) is 0 Å². The van der Waals surface area contributed by atoms with E-state index in [4.69, 9.17) is 0 Å². The second-order valence-electron chi connectivity index (χ2n) is 5.26. The first-order chi connectivity index (χ1) is 9.70. The molecule has 0 spiro atoms. The van der Waals surface area contributed by atoms with Crippen molar-refractivity contribution < 1.29 is 14.3 Å². The minimum atomic E-state index is -0.344. The van der Waals surface area contributed by atoms with E-state index in [1.54, 1.807) is 24.3 Å². The van der Waals surface area contributed by atoms with Crippen molar-refractivity contribution in [1.82, 2.24) is 0 Å². The first-order valence-corrected chi connectivity index (χ1v) is 6.75. The Bertz CT molecular complexity index is 768. The third kappa shape index (κ3) is 1.24. The number of carbonyl (C=O) groups is 1. The predicted molar refractivity (Wildman–Crippen MR) is 69.9 cm³/mol. The number of rotatable bonds is 0. The molecule has 100 valence electrons. The van der Waals surface area contributed by atoms with Crippen molar-refractivity contribution in [3.8, 4) is 11.3 Å². The first kappa shape index (κ1) is 11.4. The van der Waals surface area contributed by atoms with Gasteiger partial charge in [0.25, 0.3) is 17.2 Å². The standard InChI is InChI=1S/C15H12N2O3/c18-15-10-6-2-1-5-9(10)13-14(15)17(20)12-8-4-3-7-11(12)16(13)19/h1-2,5-6H,3-4,7-8H2. The zero-order valence-electron chi connectivity index (χ0n) is 10.8. The number of benzene rings is 1. The predicted octanol–water partition coefficient (Wildman–Crippen LogP) is 1.04. The minimum absolute atomic E-state index is 0.0122. The van der Waals surface area contributed by atoms with Gasteiger partial charge in [0.1, 0.15) is 0 Å². The van der Waals surface area contributed by atoms with Gasteiger partial charge in [0, 0.05) is 18.4 Å². The summed E-state index contributed by atoms with van der Waals surface area (Å²) < 4.78 is 1.50. The summed E-state index contributed by atoms with van der Waals surface area (Å²) in [6.07, 6.45) is 2.96. The monoisotopic (exact) mass is 268 g/mol. The molecule has 2 aliphatic rings. The van der Waals surface area contributed by atoms with Crippen LogP contribution in [-0.4, -0.2) is 5.78 Å². The van der Waals surface area contributed by atoms with Crippen LogP contribution >= 0.6 is 0 Å². The number of carbonyl (C=O) groups excluding carboxylic acids is 1. The number of aromatic nitrogens is 2. The van der Waals surface area contributed by atoms with Crippen LogP contribution < -0.4 is 9.46 Å². The quantitative estimate of drug-likeness (QED) is 0.452. The second kappa shape index (κ2) is 3.79. The van der Waals surface area contributed by atoms with Gasteiger partial charge >= 0.3 is 11.4 Å². The largest absolute Gasteiger partial charge is 0.618 e. The molecule has 0 saturated carbocycles. The van der Waals surface area contributed by atoms with E-state index in [0.717, 1.165) is 17.6 Å². The summed E-state index contributed by atoms with van der Waals surface area (Å²) in [6, 6.07) is 6.90. The van der Waals surface area contributed by atoms with Crippen LogP contribution in [-0.2, 0) is 12.8 Å². The minimum Gasteiger partial charge on any atom is -0.618 e. The van der Waals surface area contributed by atoms with E-state index in [1.165, 1.54) is 0 Å². The van der Waals surface area contributed by atoms with Crippen molar-refractivity contribution in [1.29, 1.82) is 0 Å². The number of hydrogen-bond acceptors (Lipinski definition) is 3. The van der Waals surface area contributed by atoms with E-state index in [9.17, 15) is 15.2 Å². The molecular weight excluding hydrogens is 256 g/mol. The van der Waals surface area contributed by atoms with E-state index < -0.39 is 0 Å². The van der Waals surface area contributed by atoms with Crippen LogP contribution in [0.15, 0.2) is 24.3 Å². The molecule has 0 unspecified atom stereocenters. The van der Waals surface area contributed by atoms with Crippen molar-refractivity contribution in [2.75, 3.05) is 0 Å². The van der Waals surface area contributed by atoms with Gasteiger partial charge in [-0.1, -0.05) is 12.1 Å². The Morgan fingerprint density at radius 1 is 0.850 bits per heavy atom. The van der Waals surface area contributed by atoms with Crippen molar-refractivity contribution in [3.63, 3.8) is 0 Å². The molecule has 1 aromatic heterocycles. The molecule has 0 N–H and O–H groups in total. The maximum atomic E-state index is 12.6. The average molecular weight is 268 g/mol. The second-order valence-corrected chi connectivity index (χ2v) is 5.26. The summed E-state index contributed by atoms with van der Waals surface area (Å²) in [5, 5.41) is 25.1. The highest BCUT2D eigenvalue weighted by atomic mass is 16.5. The Labute approximate surface area is 115 Å². The maximum absolute atomic E-state index is 12.6. The molecule has 4 rings (SSSR count). The Hall–Kier alpha value is -2.43. The molecule has 0 aliphatic heterocycles. The summed E-state index contributed by atoms with van der Waals surface area (Å²) in [5.41, 5.74) is 2.21. The van der Waals surface area contributed by atoms with Gasteiger partial charge < -0.3 is 10.4 Å². The van der Waals surface area contributed by atoms with Crippen LogP contribution in [0.2, 0.25) is 0 Å². The smallest absolute Gasteiger partial charge is 0.339 e. The van der Waals surface area contributed by atoms with Gasteiger partial charge in [-0.25, -0.2) is 0 Å². The third-order valence-electron chi connectivity index (χ3n) is 4.17. The van der Waals surface area contributed by atoms with Crippen LogP contribution in [0.1, 0.15) is 40.3 Å². The molecule has 2 aromatic rings. The third-order valence-corrected chi connectivity index (χ3v) is 4.17. The van der Waals surface area contributed by atoms with E-state index >= 15 is 0 Å². The molecule has 0 amide bonds. The van der Waals surface area contributed by atoms with Crippen LogP contribution in [0, 0.1) is 10.4 Å². The maximum Gasteiger partial charge on any atom is 0.339 e. The van der Waals surface area contributed by atoms with Gasteiger partial charge in [-0.2, -0.15) is 9.46 Å². The fraction of sp³-hybridized carbons (Fsp3) is 0.267. The summed E-state index contributed by atoms with van der Waals surface area (Å²) in [4.78, 5) is 12.4. The molecule has 0 atom stereocenters. The van der Waals surface area contributed by atoms with Crippen LogP contribution in [0.4, 0.5) is 0 Å². The summed E-state index contributed by atoms with van der Waals surface area (Å²) in [5.74, 6) is -0.344. The SMILES string of the molecule is O=C1c2ccccc2-c2c1[n+]([O-])c1c([n+]2[O-])CCCC1. The lowest BCUT2D eigenvalue weighted by molar-refractivity contribution is -0.670. The number of fused-ring (bicyclic) bond motifs is 4. The highest BCUT2D eigenvalue weighted by Gasteiger charge is 2.45. The average Bonchev–Trinajstić information content (AvgIpc) is 2.79. The highest BCUT2D eigenvalue weighted by molar-refractivity contribution is 6.18. The van der Waals surface area contributed by atoms with Gasteiger partial charge in [0.05, 0.1) is 5.56 Å². The van der Waals surface area contributed by atoms with Crippen molar-refractivity contribution >= 4 is 5.78 Å². The van der Waals surface area contributed by atoms with E-state index in [-0.39, 0.29) is 17.2 Å². The Morgan fingerprint density at radius 2 is 1.40 bits per heavy atom. The lowest BCUT2D eigenvalue weighted by Gasteiger charge is -2.16. The lowest BCUT2D eigenvalue weighted by Crippen LogP contribution is -2.50. The first-order valence-electron chi connectivity index (χ1n) is 6.75. The Balaban J connectivity index is 2.13. The van der Waals surface area contributed by atoms with Gasteiger partial charge in [-0.05, 0) is 25.0 Å². The van der Waals surface area contributed by atoms with Crippen LogP contribution in [0.5, 0.6) is 0 Å².